The molecule has 0 fully saturated rings. The van der Waals surface area contributed by atoms with E-state index in [4.69, 9.17) is 4.74 Å². The van der Waals surface area contributed by atoms with Crippen LogP contribution in [-0.2, 0) is 14.3 Å². The van der Waals surface area contributed by atoms with Crippen molar-refractivity contribution in [2.45, 2.75) is 26.4 Å². The molecule has 0 N–H and O–H groups in total. The van der Waals surface area contributed by atoms with Gasteiger partial charge in [0.05, 0.1) is 24.5 Å². The summed E-state index contributed by atoms with van der Waals surface area (Å²) in [7, 11) is 1.25. The van der Waals surface area contributed by atoms with E-state index in [0.29, 0.717) is 11.3 Å². The molecule has 1 aromatic heterocycles. The molecule has 0 aliphatic carbocycles. The highest BCUT2D eigenvalue weighted by atomic mass is 32.1. The molecule has 0 saturated carbocycles. The third-order valence-electron chi connectivity index (χ3n) is 3.20. The van der Waals surface area contributed by atoms with Crippen LogP contribution in [0.25, 0.3) is 0 Å². The summed E-state index contributed by atoms with van der Waals surface area (Å²) in [5.41, 5.74) is 0.871. The molecule has 6 nitrogen and oxygen atoms in total. The number of anilines is 1. The second-order valence-electron chi connectivity index (χ2n) is 4.98. The summed E-state index contributed by atoms with van der Waals surface area (Å²) in [5.74, 6) is -1.76. The fourth-order valence-electron chi connectivity index (χ4n) is 2.20. The summed E-state index contributed by atoms with van der Waals surface area (Å²) in [6.45, 7) is 3.75. The smallest absolute Gasteiger partial charge is 0.414 e. The molecule has 0 spiro atoms. The van der Waals surface area contributed by atoms with Crippen LogP contribution in [0.2, 0.25) is 0 Å². The van der Waals surface area contributed by atoms with E-state index >= 15 is 0 Å². The molecule has 0 radical (unpaired) electrons. The Morgan fingerprint density at radius 1 is 1.38 bits per heavy atom. The molecule has 0 aromatic carbocycles. The molecule has 7 heteroatoms. The van der Waals surface area contributed by atoms with E-state index in [1.807, 2.05) is 0 Å². The van der Waals surface area contributed by atoms with E-state index in [9.17, 15) is 14.4 Å². The van der Waals surface area contributed by atoms with Crippen molar-refractivity contribution in [3.05, 3.63) is 16.3 Å². The summed E-state index contributed by atoms with van der Waals surface area (Å²) < 4.78 is 9.87. The fourth-order valence-corrected chi connectivity index (χ4v) is 3.03. The molecule has 1 aromatic rings. The summed E-state index contributed by atoms with van der Waals surface area (Å²) in [5, 5.41) is 3.36. The number of Topliss-reactive ketones (excluding diaryl/α,β-unsaturated/α-hetero) is 1. The quantitative estimate of drug-likeness (QED) is 0.619. The van der Waals surface area contributed by atoms with Crippen molar-refractivity contribution in [2.75, 3.05) is 18.6 Å². The number of ether oxygens (including phenoxy) is 2. The van der Waals surface area contributed by atoms with Crippen LogP contribution in [0, 0.1) is 5.92 Å². The van der Waals surface area contributed by atoms with Crippen molar-refractivity contribution >= 4 is 34.9 Å². The first-order valence-corrected chi connectivity index (χ1v) is 7.56. The Labute approximate surface area is 126 Å². The normalized spacial score (nSPS) is 18.2. The topological polar surface area (TPSA) is 72.9 Å². The van der Waals surface area contributed by atoms with Crippen LogP contribution in [0.1, 0.15) is 30.6 Å². The highest BCUT2D eigenvalue weighted by Gasteiger charge is 2.37. The number of methoxy groups -OCH3 is 1. The van der Waals surface area contributed by atoms with E-state index in [-0.39, 0.29) is 24.9 Å². The number of esters is 1. The maximum Gasteiger partial charge on any atom is 0.414 e. The first-order chi connectivity index (χ1) is 9.95. The molecule has 2 rings (SSSR count). The van der Waals surface area contributed by atoms with Gasteiger partial charge in [-0.25, -0.2) is 4.79 Å². The van der Waals surface area contributed by atoms with E-state index in [1.165, 1.54) is 23.3 Å². The minimum Gasteiger partial charge on any atom is -0.468 e. The predicted octanol–water partition coefficient (Wildman–Crippen LogP) is 2.48. The lowest BCUT2D eigenvalue weighted by molar-refractivity contribution is -0.143. The number of carbonyl (C=O) groups excluding carboxylic acids is 3. The summed E-state index contributed by atoms with van der Waals surface area (Å²) in [6, 6.07) is 0. The molecule has 1 atom stereocenters. The number of amides is 1. The Hall–Kier alpha value is -1.89. The number of hydrogen-bond donors (Lipinski definition) is 0. The number of fused-ring (bicyclic) bond motifs is 1. The lowest BCUT2D eigenvalue weighted by atomic mass is 9.97. The number of rotatable bonds is 2. The van der Waals surface area contributed by atoms with E-state index in [1.54, 1.807) is 24.6 Å². The number of hydrogen-bond acceptors (Lipinski definition) is 6. The van der Waals surface area contributed by atoms with Crippen molar-refractivity contribution in [2.24, 2.45) is 5.92 Å². The second-order valence-corrected chi connectivity index (χ2v) is 5.73. The molecule has 1 unspecified atom stereocenters. The summed E-state index contributed by atoms with van der Waals surface area (Å²) >= 11 is 1.31. The zero-order chi connectivity index (χ0) is 15.6. The van der Waals surface area contributed by atoms with Gasteiger partial charge in [-0.3, -0.25) is 14.5 Å². The lowest BCUT2D eigenvalue weighted by Gasteiger charge is -2.21. The van der Waals surface area contributed by atoms with E-state index < -0.39 is 18.0 Å². The van der Waals surface area contributed by atoms with Crippen molar-refractivity contribution in [1.82, 2.24) is 0 Å². The highest BCUT2D eigenvalue weighted by molar-refractivity contribution is 7.08. The van der Waals surface area contributed by atoms with E-state index in [2.05, 4.69) is 4.74 Å². The van der Waals surface area contributed by atoms with Gasteiger partial charge in [-0.15, -0.1) is 11.3 Å². The van der Waals surface area contributed by atoms with Crippen molar-refractivity contribution < 1.29 is 23.9 Å². The summed E-state index contributed by atoms with van der Waals surface area (Å²) in [6.07, 6.45) is -0.546. The van der Waals surface area contributed by atoms with Gasteiger partial charge in [0.1, 0.15) is 5.92 Å². The molecular formula is C14H17NO5S. The SMILES string of the molecule is COC(=O)C1CCN(C(=O)OC(C)C)c2cscc2C1=O. The van der Waals surface area contributed by atoms with Crippen LogP contribution in [-0.4, -0.2) is 37.6 Å². The number of thiophene rings is 1. The molecule has 1 aliphatic rings. The fraction of sp³-hybridized carbons (Fsp3) is 0.500. The van der Waals surface area contributed by atoms with Gasteiger partial charge in [0.15, 0.2) is 5.78 Å². The van der Waals surface area contributed by atoms with E-state index in [0.717, 1.165) is 0 Å². The Balaban J connectivity index is 2.33. The highest BCUT2D eigenvalue weighted by Crippen LogP contribution is 2.33. The zero-order valence-electron chi connectivity index (χ0n) is 12.1. The predicted molar refractivity (Wildman–Crippen MR) is 77.7 cm³/mol. The number of carbonyl (C=O) groups is 3. The number of nitrogens with zero attached hydrogens (tertiary/aromatic N) is 1. The Kier molecular flexibility index (Phi) is 4.62. The minimum absolute atomic E-state index is 0.220. The van der Waals surface area contributed by atoms with Crippen LogP contribution < -0.4 is 4.90 Å². The van der Waals surface area contributed by atoms with Gasteiger partial charge in [-0.05, 0) is 20.3 Å². The molecule has 1 amide bonds. The van der Waals surface area contributed by atoms with Gasteiger partial charge in [0.25, 0.3) is 0 Å². The average Bonchev–Trinajstić information content (AvgIpc) is 2.85. The van der Waals surface area contributed by atoms with Gasteiger partial charge in [-0.2, -0.15) is 0 Å². The Morgan fingerprint density at radius 3 is 2.71 bits per heavy atom. The maximum atomic E-state index is 12.4. The lowest BCUT2D eigenvalue weighted by Crippen LogP contribution is -2.34. The Bertz CT molecular complexity index is 565. The Morgan fingerprint density at radius 2 is 2.10 bits per heavy atom. The minimum atomic E-state index is -0.875. The maximum absolute atomic E-state index is 12.4. The van der Waals surface area contributed by atoms with Crippen LogP contribution >= 0.6 is 11.3 Å². The second kappa shape index (κ2) is 6.26. The van der Waals surface area contributed by atoms with Crippen LogP contribution in [0.15, 0.2) is 10.8 Å². The van der Waals surface area contributed by atoms with Crippen molar-refractivity contribution in [3.8, 4) is 0 Å². The van der Waals surface area contributed by atoms with Gasteiger partial charge in [0.2, 0.25) is 0 Å². The van der Waals surface area contributed by atoms with Gasteiger partial charge in [-0.1, -0.05) is 0 Å². The van der Waals surface area contributed by atoms with Gasteiger partial charge in [0, 0.05) is 17.3 Å². The molecule has 1 aliphatic heterocycles. The molecule has 0 saturated heterocycles. The molecular weight excluding hydrogens is 294 g/mol. The summed E-state index contributed by atoms with van der Waals surface area (Å²) in [4.78, 5) is 37.7. The molecule has 21 heavy (non-hydrogen) atoms. The standard InChI is InChI=1S/C14H17NO5S/c1-8(2)20-14(18)15-5-4-9(13(17)19-3)12(16)10-6-21-7-11(10)15/h6-9H,4-5H2,1-3H3. The monoisotopic (exact) mass is 311 g/mol. The third-order valence-corrected chi connectivity index (χ3v) is 3.93. The third kappa shape index (κ3) is 3.07. The molecule has 114 valence electrons. The van der Waals surface area contributed by atoms with Crippen LogP contribution in [0.5, 0.6) is 0 Å². The zero-order valence-corrected chi connectivity index (χ0v) is 12.9. The van der Waals surface area contributed by atoms with Crippen molar-refractivity contribution in [1.29, 1.82) is 0 Å². The first kappa shape index (κ1) is 15.5. The van der Waals surface area contributed by atoms with Crippen LogP contribution in [0.4, 0.5) is 10.5 Å². The van der Waals surface area contributed by atoms with Gasteiger partial charge < -0.3 is 9.47 Å². The largest absolute Gasteiger partial charge is 0.468 e. The van der Waals surface area contributed by atoms with Gasteiger partial charge >= 0.3 is 12.1 Å². The molecule has 0 bridgehead atoms. The van der Waals surface area contributed by atoms with Crippen LogP contribution in [0.3, 0.4) is 0 Å². The average molecular weight is 311 g/mol. The molecule has 2 heterocycles. The first-order valence-electron chi connectivity index (χ1n) is 6.62. The number of ketones is 1. The van der Waals surface area contributed by atoms with Crippen molar-refractivity contribution in [3.63, 3.8) is 0 Å².